The van der Waals surface area contributed by atoms with Gasteiger partial charge in [0.1, 0.15) is 6.61 Å². The summed E-state index contributed by atoms with van der Waals surface area (Å²) in [6.07, 6.45) is 6.46. The van der Waals surface area contributed by atoms with E-state index in [4.69, 9.17) is 4.74 Å². The average molecular weight is 296 g/mol. The van der Waals surface area contributed by atoms with E-state index >= 15 is 0 Å². The van der Waals surface area contributed by atoms with Crippen molar-refractivity contribution in [3.05, 3.63) is 66.0 Å². The number of pyridine rings is 1. The highest BCUT2D eigenvalue weighted by atomic mass is 16.6. The summed E-state index contributed by atoms with van der Waals surface area (Å²) in [6.45, 7) is 1.07. The van der Waals surface area contributed by atoms with Crippen molar-refractivity contribution >= 4 is 6.09 Å². The Morgan fingerprint density at radius 2 is 1.91 bits per heavy atom. The molecule has 1 atom stereocenters. The Balaban J connectivity index is 1.66. The molecule has 1 aliphatic heterocycles. The van der Waals surface area contributed by atoms with Crippen molar-refractivity contribution < 1.29 is 9.53 Å². The van der Waals surface area contributed by atoms with Crippen LogP contribution in [0, 0.1) is 0 Å². The lowest BCUT2D eigenvalue weighted by Gasteiger charge is -2.35. The number of carbonyl (C=O) groups excluding carboxylic acids is 1. The van der Waals surface area contributed by atoms with E-state index in [9.17, 15) is 4.79 Å². The fourth-order valence-electron chi connectivity index (χ4n) is 2.88. The standard InChI is InChI=1S/C18H20N2O2/c21-18(22-14-15-6-2-1-3-7-15)20-13-5-4-8-17(20)16-9-11-19-12-10-16/h1-3,6-7,9-12,17H,4-5,8,13-14H2. The molecule has 0 radical (unpaired) electrons. The average Bonchev–Trinajstić information content (AvgIpc) is 2.61. The van der Waals surface area contributed by atoms with Gasteiger partial charge in [-0.2, -0.15) is 0 Å². The molecule has 0 aliphatic carbocycles. The van der Waals surface area contributed by atoms with E-state index in [1.807, 2.05) is 47.4 Å². The predicted octanol–water partition coefficient (Wildman–Crippen LogP) is 3.95. The highest BCUT2D eigenvalue weighted by molar-refractivity contribution is 5.68. The lowest BCUT2D eigenvalue weighted by atomic mass is 9.96. The van der Waals surface area contributed by atoms with Gasteiger partial charge >= 0.3 is 6.09 Å². The van der Waals surface area contributed by atoms with Gasteiger partial charge in [0.15, 0.2) is 0 Å². The minimum atomic E-state index is -0.231. The van der Waals surface area contributed by atoms with Gasteiger partial charge in [-0.3, -0.25) is 4.98 Å². The van der Waals surface area contributed by atoms with E-state index in [-0.39, 0.29) is 12.1 Å². The SMILES string of the molecule is O=C(OCc1ccccc1)N1CCCCC1c1ccncc1. The van der Waals surface area contributed by atoms with E-state index in [0.717, 1.165) is 36.9 Å². The Bertz CT molecular complexity index is 601. The van der Waals surface area contributed by atoms with E-state index < -0.39 is 0 Å². The molecule has 1 unspecified atom stereocenters. The first-order valence-corrected chi connectivity index (χ1v) is 7.72. The van der Waals surface area contributed by atoms with Crippen LogP contribution in [0.1, 0.15) is 36.4 Å². The summed E-state index contributed by atoms with van der Waals surface area (Å²) in [5.74, 6) is 0. The molecule has 114 valence electrons. The number of likely N-dealkylation sites (tertiary alicyclic amines) is 1. The van der Waals surface area contributed by atoms with Gasteiger partial charge in [-0.25, -0.2) is 4.79 Å². The number of ether oxygens (including phenoxy) is 1. The normalized spacial score (nSPS) is 18.0. The largest absolute Gasteiger partial charge is 0.445 e. The highest BCUT2D eigenvalue weighted by Gasteiger charge is 2.28. The lowest BCUT2D eigenvalue weighted by molar-refractivity contribution is 0.0679. The molecule has 2 heterocycles. The molecule has 4 heteroatoms. The van der Waals surface area contributed by atoms with Crippen molar-refractivity contribution in [1.82, 2.24) is 9.88 Å². The molecule has 1 saturated heterocycles. The van der Waals surface area contributed by atoms with E-state index in [1.54, 1.807) is 12.4 Å². The van der Waals surface area contributed by atoms with Crippen LogP contribution in [0.4, 0.5) is 4.79 Å². The Morgan fingerprint density at radius 1 is 1.14 bits per heavy atom. The highest BCUT2D eigenvalue weighted by Crippen LogP contribution is 2.31. The topological polar surface area (TPSA) is 42.4 Å². The molecule has 2 aromatic rings. The number of aromatic nitrogens is 1. The fourth-order valence-corrected chi connectivity index (χ4v) is 2.88. The van der Waals surface area contributed by atoms with Crippen molar-refractivity contribution in [3.8, 4) is 0 Å². The third-order valence-corrected chi connectivity index (χ3v) is 4.03. The van der Waals surface area contributed by atoms with Crippen LogP contribution in [0.15, 0.2) is 54.9 Å². The maximum Gasteiger partial charge on any atom is 0.410 e. The minimum absolute atomic E-state index is 0.0972. The Hall–Kier alpha value is -2.36. The third kappa shape index (κ3) is 3.45. The summed E-state index contributed by atoms with van der Waals surface area (Å²) in [4.78, 5) is 18.3. The molecule has 22 heavy (non-hydrogen) atoms. The molecule has 0 saturated carbocycles. The second-order valence-corrected chi connectivity index (χ2v) is 5.53. The number of benzene rings is 1. The van der Waals surface area contributed by atoms with E-state index in [0.29, 0.717) is 6.61 Å². The van der Waals surface area contributed by atoms with E-state index in [2.05, 4.69) is 4.98 Å². The van der Waals surface area contributed by atoms with Gasteiger partial charge < -0.3 is 9.64 Å². The third-order valence-electron chi connectivity index (χ3n) is 4.03. The Kier molecular flexibility index (Phi) is 4.68. The quantitative estimate of drug-likeness (QED) is 0.861. The van der Waals surface area contributed by atoms with Crippen LogP contribution < -0.4 is 0 Å². The van der Waals surface area contributed by atoms with Crippen LogP contribution in [-0.2, 0) is 11.3 Å². The van der Waals surface area contributed by atoms with E-state index in [1.165, 1.54) is 0 Å². The first kappa shape index (κ1) is 14.6. The molecular weight excluding hydrogens is 276 g/mol. The Labute approximate surface area is 130 Å². The van der Waals surface area contributed by atoms with Gasteiger partial charge in [-0.1, -0.05) is 30.3 Å². The van der Waals surface area contributed by atoms with Crippen LogP contribution in [0.5, 0.6) is 0 Å². The number of hydrogen-bond donors (Lipinski definition) is 0. The van der Waals surface area contributed by atoms with Crippen molar-refractivity contribution in [2.45, 2.75) is 31.9 Å². The number of hydrogen-bond acceptors (Lipinski definition) is 3. The number of amides is 1. The summed E-state index contributed by atoms with van der Waals surface area (Å²) in [7, 11) is 0. The summed E-state index contributed by atoms with van der Waals surface area (Å²) >= 11 is 0. The van der Waals surface area contributed by atoms with Crippen LogP contribution in [0.25, 0.3) is 0 Å². The van der Waals surface area contributed by atoms with Crippen molar-refractivity contribution in [3.63, 3.8) is 0 Å². The van der Waals surface area contributed by atoms with Gasteiger partial charge in [0.2, 0.25) is 0 Å². The van der Waals surface area contributed by atoms with Gasteiger partial charge in [-0.05, 0) is 42.5 Å². The van der Waals surface area contributed by atoms with Gasteiger partial charge in [-0.15, -0.1) is 0 Å². The van der Waals surface area contributed by atoms with Crippen LogP contribution in [0.2, 0.25) is 0 Å². The summed E-state index contributed by atoms with van der Waals surface area (Å²) < 4.78 is 5.49. The second kappa shape index (κ2) is 7.07. The molecule has 1 aromatic heterocycles. The summed E-state index contributed by atoms with van der Waals surface area (Å²) in [5, 5.41) is 0. The maximum atomic E-state index is 12.4. The molecular formula is C18H20N2O2. The molecule has 1 fully saturated rings. The molecule has 0 spiro atoms. The maximum absolute atomic E-state index is 12.4. The zero-order valence-corrected chi connectivity index (χ0v) is 12.5. The molecule has 1 aliphatic rings. The second-order valence-electron chi connectivity index (χ2n) is 5.53. The zero-order chi connectivity index (χ0) is 15.2. The lowest BCUT2D eigenvalue weighted by Crippen LogP contribution is -2.38. The summed E-state index contributed by atoms with van der Waals surface area (Å²) in [6, 6.07) is 13.8. The minimum Gasteiger partial charge on any atom is -0.445 e. The molecule has 0 N–H and O–H groups in total. The van der Waals surface area contributed by atoms with Crippen molar-refractivity contribution in [2.75, 3.05) is 6.54 Å². The van der Waals surface area contributed by atoms with Crippen LogP contribution in [-0.4, -0.2) is 22.5 Å². The van der Waals surface area contributed by atoms with Gasteiger partial charge in [0.25, 0.3) is 0 Å². The number of piperidine rings is 1. The molecule has 3 rings (SSSR count). The molecule has 4 nitrogen and oxygen atoms in total. The number of rotatable bonds is 3. The zero-order valence-electron chi connectivity index (χ0n) is 12.5. The fraction of sp³-hybridized carbons (Fsp3) is 0.333. The monoisotopic (exact) mass is 296 g/mol. The molecule has 1 amide bonds. The van der Waals surface area contributed by atoms with Crippen molar-refractivity contribution in [1.29, 1.82) is 0 Å². The predicted molar refractivity (Wildman–Crippen MR) is 84.2 cm³/mol. The Morgan fingerprint density at radius 3 is 2.68 bits per heavy atom. The number of nitrogens with zero attached hydrogens (tertiary/aromatic N) is 2. The summed E-state index contributed by atoms with van der Waals surface area (Å²) in [5.41, 5.74) is 2.14. The van der Waals surface area contributed by atoms with Gasteiger partial charge in [0, 0.05) is 18.9 Å². The van der Waals surface area contributed by atoms with Gasteiger partial charge in [0.05, 0.1) is 6.04 Å². The smallest absolute Gasteiger partial charge is 0.410 e. The first-order chi connectivity index (χ1) is 10.8. The van der Waals surface area contributed by atoms with Crippen LogP contribution in [0.3, 0.4) is 0 Å². The first-order valence-electron chi connectivity index (χ1n) is 7.72. The molecule has 0 bridgehead atoms. The molecule has 1 aromatic carbocycles. The van der Waals surface area contributed by atoms with Crippen molar-refractivity contribution in [2.24, 2.45) is 0 Å². The number of carbonyl (C=O) groups is 1. The van der Waals surface area contributed by atoms with Crippen LogP contribution >= 0.6 is 0 Å².